The molecule has 0 bridgehead atoms. The predicted octanol–water partition coefficient (Wildman–Crippen LogP) is 3.47. The van der Waals surface area contributed by atoms with Gasteiger partial charge in [-0.2, -0.15) is 0 Å². The molecule has 7 heteroatoms. The van der Waals surface area contributed by atoms with E-state index in [-0.39, 0.29) is 32.9 Å². The van der Waals surface area contributed by atoms with Crippen molar-refractivity contribution in [2.24, 2.45) is 0 Å². The quantitative estimate of drug-likeness (QED) is 0.542. The highest BCUT2D eigenvalue weighted by Gasteiger charge is 2.24. The molecular formula is C17H9NO5S. The number of carboxylic acid groups (broad SMARTS) is 1. The smallest absolute Gasteiger partial charge is 0.347 e. The molecule has 118 valence electrons. The molecule has 0 radical (unpaired) electrons. The number of benzene rings is 2. The van der Waals surface area contributed by atoms with Gasteiger partial charge in [-0.15, -0.1) is 11.3 Å². The minimum atomic E-state index is -1.26. The third kappa shape index (κ3) is 2.14. The molecule has 0 aliphatic rings. The van der Waals surface area contributed by atoms with Crippen LogP contribution in [-0.4, -0.2) is 21.2 Å². The first kappa shape index (κ1) is 14.4. The van der Waals surface area contributed by atoms with Crippen LogP contribution in [-0.2, 0) is 0 Å². The van der Waals surface area contributed by atoms with Gasteiger partial charge < -0.3 is 14.6 Å². The van der Waals surface area contributed by atoms with E-state index in [2.05, 4.69) is 4.98 Å². The Morgan fingerprint density at radius 3 is 2.71 bits per heavy atom. The molecule has 0 saturated carbocycles. The molecule has 6 nitrogen and oxygen atoms in total. The van der Waals surface area contributed by atoms with Gasteiger partial charge in [-0.05, 0) is 24.3 Å². The van der Waals surface area contributed by atoms with E-state index in [0.29, 0.717) is 5.52 Å². The van der Waals surface area contributed by atoms with Crippen molar-refractivity contribution in [3.63, 3.8) is 0 Å². The van der Waals surface area contributed by atoms with Crippen LogP contribution in [0.5, 0.6) is 5.75 Å². The lowest BCUT2D eigenvalue weighted by Gasteiger charge is -2.06. The van der Waals surface area contributed by atoms with Crippen LogP contribution in [0.15, 0.2) is 51.7 Å². The second-order valence-corrected chi connectivity index (χ2v) is 6.14. The van der Waals surface area contributed by atoms with Crippen molar-refractivity contribution < 1.29 is 19.4 Å². The first-order chi connectivity index (χ1) is 11.5. The van der Waals surface area contributed by atoms with Crippen molar-refractivity contribution in [2.75, 3.05) is 0 Å². The van der Waals surface area contributed by atoms with E-state index in [9.17, 15) is 19.8 Å². The number of nitrogens with zero attached hydrogens (tertiary/aromatic N) is 1. The van der Waals surface area contributed by atoms with Crippen molar-refractivity contribution in [1.82, 2.24) is 4.98 Å². The van der Waals surface area contributed by atoms with Crippen molar-refractivity contribution in [1.29, 1.82) is 0 Å². The maximum absolute atomic E-state index is 12.4. The summed E-state index contributed by atoms with van der Waals surface area (Å²) in [5.41, 5.74) is -0.368. The van der Waals surface area contributed by atoms with E-state index in [1.165, 1.54) is 29.5 Å². The van der Waals surface area contributed by atoms with Crippen LogP contribution in [0.4, 0.5) is 0 Å². The van der Waals surface area contributed by atoms with Gasteiger partial charge in [0.25, 0.3) is 0 Å². The van der Waals surface area contributed by atoms with Gasteiger partial charge in [-0.1, -0.05) is 12.1 Å². The summed E-state index contributed by atoms with van der Waals surface area (Å²) in [4.78, 5) is 28.6. The molecule has 0 spiro atoms. The van der Waals surface area contributed by atoms with Crippen LogP contribution in [0, 0.1) is 0 Å². The molecule has 2 heterocycles. The predicted molar refractivity (Wildman–Crippen MR) is 89.7 cm³/mol. The fraction of sp³-hybridized carbons (Fsp3) is 0. The van der Waals surface area contributed by atoms with Gasteiger partial charge in [0.1, 0.15) is 21.9 Å². The maximum Gasteiger partial charge on any atom is 0.347 e. The van der Waals surface area contributed by atoms with E-state index in [4.69, 9.17) is 4.42 Å². The second-order valence-electron chi connectivity index (χ2n) is 5.11. The third-order valence-corrected chi connectivity index (χ3v) is 4.67. The van der Waals surface area contributed by atoms with E-state index in [0.717, 1.165) is 4.70 Å². The average molecular weight is 339 g/mol. The van der Waals surface area contributed by atoms with Gasteiger partial charge in [0.15, 0.2) is 0 Å². The molecule has 24 heavy (non-hydrogen) atoms. The van der Waals surface area contributed by atoms with E-state index in [1.54, 1.807) is 6.07 Å². The number of aromatic hydroxyl groups is 1. The Labute approximate surface area is 138 Å². The molecule has 2 aromatic carbocycles. The zero-order valence-electron chi connectivity index (χ0n) is 12.0. The number of hydrogen-bond acceptors (Lipinski definition) is 6. The SMILES string of the molecule is O=C(O)c1c(-c2nc3ccccc3s2)c(=O)oc2cc(O)ccc12. The van der Waals surface area contributed by atoms with Crippen LogP contribution in [0.25, 0.3) is 31.8 Å². The first-order valence-corrected chi connectivity index (χ1v) is 7.75. The normalized spacial score (nSPS) is 11.2. The first-order valence-electron chi connectivity index (χ1n) is 6.93. The third-order valence-electron chi connectivity index (χ3n) is 3.61. The van der Waals surface area contributed by atoms with E-state index >= 15 is 0 Å². The number of aromatic carboxylic acids is 1. The standard InChI is InChI=1S/C17H9NO5S/c19-8-5-6-9-11(7-8)23-17(22)14(13(9)16(20)21)15-18-10-3-1-2-4-12(10)24-15/h1-7,19H,(H,20,21). The van der Waals surface area contributed by atoms with E-state index in [1.807, 2.05) is 18.2 Å². The van der Waals surface area contributed by atoms with Crippen LogP contribution in [0.2, 0.25) is 0 Å². The lowest BCUT2D eigenvalue weighted by atomic mass is 10.0. The summed E-state index contributed by atoms with van der Waals surface area (Å²) in [5.74, 6) is -1.37. The molecule has 2 aromatic heterocycles. The fourth-order valence-electron chi connectivity index (χ4n) is 2.59. The molecule has 0 fully saturated rings. The Hall–Kier alpha value is -3.19. The number of thiazole rings is 1. The van der Waals surface area contributed by atoms with Crippen LogP contribution in [0.1, 0.15) is 10.4 Å². The highest BCUT2D eigenvalue weighted by molar-refractivity contribution is 7.21. The molecule has 0 atom stereocenters. The maximum atomic E-state index is 12.4. The number of fused-ring (bicyclic) bond motifs is 2. The molecular weight excluding hydrogens is 330 g/mol. The second kappa shape index (κ2) is 5.17. The summed E-state index contributed by atoms with van der Waals surface area (Å²) < 4.78 is 6.04. The van der Waals surface area contributed by atoms with Crippen molar-refractivity contribution in [3.05, 3.63) is 58.4 Å². The summed E-state index contributed by atoms with van der Waals surface area (Å²) in [6.07, 6.45) is 0. The lowest BCUT2D eigenvalue weighted by molar-refractivity contribution is 0.0699. The fourth-order valence-corrected chi connectivity index (χ4v) is 3.59. The molecule has 0 unspecified atom stereocenters. The van der Waals surface area contributed by atoms with Gasteiger partial charge >= 0.3 is 11.6 Å². The summed E-state index contributed by atoms with van der Waals surface area (Å²) >= 11 is 1.22. The van der Waals surface area contributed by atoms with Crippen molar-refractivity contribution in [3.8, 4) is 16.3 Å². The lowest BCUT2D eigenvalue weighted by Crippen LogP contribution is -2.12. The Kier molecular flexibility index (Phi) is 3.10. The van der Waals surface area contributed by atoms with Crippen molar-refractivity contribution in [2.45, 2.75) is 0 Å². The van der Waals surface area contributed by atoms with Gasteiger partial charge in [-0.25, -0.2) is 14.6 Å². The summed E-state index contributed by atoms with van der Waals surface area (Å²) in [7, 11) is 0. The minimum Gasteiger partial charge on any atom is -0.508 e. The number of carbonyl (C=O) groups is 1. The summed E-state index contributed by atoms with van der Waals surface area (Å²) in [6, 6.07) is 11.3. The molecule has 0 aliphatic carbocycles. The van der Waals surface area contributed by atoms with Crippen molar-refractivity contribution >= 4 is 38.5 Å². The average Bonchev–Trinajstić information content (AvgIpc) is 2.96. The number of para-hydroxylation sites is 1. The van der Waals surface area contributed by atoms with Crippen LogP contribution < -0.4 is 5.63 Å². The molecule has 0 amide bonds. The highest BCUT2D eigenvalue weighted by atomic mass is 32.1. The monoisotopic (exact) mass is 339 g/mol. The number of hydrogen-bond donors (Lipinski definition) is 2. The molecule has 0 aliphatic heterocycles. The number of phenolic OH excluding ortho intramolecular Hbond substituents is 1. The number of phenols is 1. The zero-order chi connectivity index (χ0) is 16.8. The Balaban J connectivity index is 2.12. The van der Waals surface area contributed by atoms with Crippen LogP contribution >= 0.6 is 11.3 Å². The minimum absolute atomic E-state index is 0.0160. The molecule has 4 aromatic rings. The Morgan fingerprint density at radius 1 is 1.17 bits per heavy atom. The molecule has 4 rings (SSSR count). The Bertz CT molecular complexity index is 1140. The topological polar surface area (TPSA) is 101 Å². The van der Waals surface area contributed by atoms with Gasteiger partial charge in [0, 0.05) is 11.5 Å². The molecule has 2 N–H and O–H groups in total. The van der Waals surface area contributed by atoms with Gasteiger partial charge in [0.05, 0.1) is 15.8 Å². The largest absolute Gasteiger partial charge is 0.508 e. The molecule has 0 saturated heterocycles. The Morgan fingerprint density at radius 2 is 1.96 bits per heavy atom. The number of carboxylic acids is 1. The van der Waals surface area contributed by atoms with Crippen LogP contribution in [0.3, 0.4) is 0 Å². The van der Waals surface area contributed by atoms with Gasteiger partial charge in [0.2, 0.25) is 0 Å². The van der Waals surface area contributed by atoms with Gasteiger partial charge in [-0.3, -0.25) is 0 Å². The zero-order valence-corrected chi connectivity index (χ0v) is 12.8. The highest BCUT2D eigenvalue weighted by Crippen LogP contribution is 2.33. The summed E-state index contributed by atoms with van der Waals surface area (Å²) in [5, 5.41) is 19.7. The summed E-state index contributed by atoms with van der Waals surface area (Å²) in [6.45, 7) is 0. The number of aromatic nitrogens is 1. The number of rotatable bonds is 2. The van der Waals surface area contributed by atoms with E-state index < -0.39 is 11.6 Å².